The molecule has 0 saturated carbocycles. The number of piperidine rings is 1. The van der Waals surface area contributed by atoms with Crippen molar-refractivity contribution < 1.29 is 14.3 Å². The SMILES string of the molecule is CC[C@H](Oc1ccccc1OC)C(=O)N1CCC[C@H](c2nn(C)c3nccnc23)C1. The number of carbonyl (C=O) groups is 1. The summed E-state index contributed by atoms with van der Waals surface area (Å²) in [5, 5.41) is 4.67. The number of hydrogen-bond donors (Lipinski definition) is 0. The molecule has 3 heterocycles. The molecule has 1 fully saturated rings. The Morgan fingerprint density at radius 3 is 2.77 bits per heavy atom. The van der Waals surface area contributed by atoms with Gasteiger partial charge in [0.25, 0.3) is 5.91 Å². The highest BCUT2D eigenvalue weighted by Crippen LogP contribution is 2.31. The van der Waals surface area contributed by atoms with Crippen LogP contribution in [-0.4, -0.2) is 56.9 Å². The summed E-state index contributed by atoms with van der Waals surface area (Å²) in [5.41, 5.74) is 2.50. The van der Waals surface area contributed by atoms with Crippen molar-refractivity contribution in [2.45, 2.75) is 38.2 Å². The molecule has 1 saturated heterocycles. The van der Waals surface area contributed by atoms with Gasteiger partial charge >= 0.3 is 0 Å². The van der Waals surface area contributed by atoms with Crippen LogP contribution in [0.2, 0.25) is 0 Å². The molecule has 3 aromatic rings. The summed E-state index contributed by atoms with van der Waals surface area (Å²) in [4.78, 5) is 24.0. The molecule has 0 spiro atoms. The normalized spacial score (nSPS) is 17.7. The first-order valence-electron chi connectivity index (χ1n) is 10.3. The van der Waals surface area contributed by atoms with Crippen molar-refractivity contribution in [2.75, 3.05) is 20.2 Å². The average molecular weight is 409 g/mol. The quantitative estimate of drug-likeness (QED) is 0.623. The molecular formula is C22H27N5O3. The smallest absolute Gasteiger partial charge is 0.263 e. The summed E-state index contributed by atoms with van der Waals surface area (Å²) < 4.78 is 13.2. The fraction of sp³-hybridized carbons (Fsp3) is 0.455. The van der Waals surface area contributed by atoms with Crippen LogP contribution in [0.3, 0.4) is 0 Å². The number of carbonyl (C=O) groups excluding carboxylic acids is 1. The molecule has 1 aromatic carbocycles. The van der Waals surface area contributed by atoms with Crippen LogP contribution < -0.4 is 9.47 Å². The van der Waals surface area contributed by atoms with Gasteiger partial charge < -0.3 is 14.4 Å². The monoisotopic (exact) mass is 409 g/mol. The Morgan fingerprint density at radius 1 is 1.23 bits per heavy atom. The van der Waals surface area contributed by atoms with Gasteiger partial charge in [0.2, 0.25) is 0 Å². The van der Waals surface area contributed by atoms with Crippen LogP contribution in [0.15, 0.2) is 36.7 Å². The second-order valence-electron chi connectivity index (χ2n) is 7.53. The number of aromatic nitrogens is 4. The Bertz CT molecular complexity index is 1030. The van der Waals surface area contributed by atoms with E-state index in [2.05, 4.69) is 15.1 Å². The maximum Gasteiger partial charge on any atom is 0.263 e. The molecule has 1 aliphatic heterocycles. The van der Waals surface area contributed by atoms with Gasteiger partial charge in [-0.05, 0) is 31.4 Å². The minimum Gasteiger partial charge on any atom is -0.493 e. The van der Waals surface area contributed by atoms with Gasteiger partial charge in [0, 0.05) is 38.4 Å². The zero-order valence-corrected chi connectivity index (χ0v) is 17.6. The van der Waals surface area contributed by atoms with E-state index < -0.39 is 6.10 Å². The van der Waals surface area contributed by atoms with Crippen LogP contribution in [0.5, 0.6) is 11.5 Å². The summed E-state index contributed by atoms with van der Waals surface area (Å²) in [6.45, 7) is 3.28. The van der Waals surface area contributed by atoms with Gasteiger partial charge in [-0.15, -0.1) is 0 Å². The second kappa shape index (κ2) is 8.69. The Kier molecular flexibility index (Phi) is 5.83. The molecule has 0 bridgehead atoms. The van der Waals surface area contributed by atoms with Gasteiger partial charge in [0.15, 0.2) is 23.3 Å². The summed E-state index contributed by atoms with van der Waals surface area (Å²) >= 11 is 0. The molecule has 0 unspecified atom stereocenters. The predicted octanol–water partition coefficient (Wildman–Crippen LogP) is 2.94. The van der Waals surface area contributed by atoms with Gasteiger partial charge in [0.05, 0.1) is 12.8 Å². The van der Waals surface area contributed by atoms with Crippen molar-refractivity contribution in [2.24, 2.45) is 7.05 Å². The number of hydrogen-bond acceptors (Lipinski definition) is 6. The van der Waals surface area contributed by atoms with Gasteiger partial charge in [-0.25, -0.2) is 14.6 Å². The number of methoxy groups -OCH3 is 1. The highest BCUT2D eigenvalue weighted by atomic mass is 16.5. The first kappa shape index (κ1) is 20.1. The van der Waals surface area contributed by atoms with E-state index in [0.717, 1.165) is 36.2 Å². The Morgan fingerprint density at radius 2 is 2.00 bits per heavy atom. The second-order valence-corrected chi connectivity index (χ2v) is 7.53. The standard InChI is InChI=1S/C22H27N5O3/c1-4-16(30-18-10-6-5-9-17(18)29-3)22(28)27-13-7-8-15(14-27)19-20-21(26(2)25-19)24-12-11-23-20/h5-6,9-12,15-16H,4,7-8,13-14H2,1-3H3/t15-,16-/m0/s1. The lowest BCUT2D eigenvalue weighted by atomic mass is 9.94. The van der Waals surface area contributed by atoms with Gasteiger partial charge in [-0.2, -0.15) is 5.10 Å². The Hall–Kier alpha value is -3.16. The van der Waals surface area contributed by atoms with E-state index in [1.165, 1.54) is 0 Å². The number of aryl methyl sites for hydroxylation is 1. The zero-order valence-electron chi connectivity index (χ0n) is 17.6. The van der Waals surface area contributed by atoms with Crippen LogP contribution in [0.1, 0.15) is 37.8 Å². The van der Waals surface area contributed by atoms with Crippen LogP contribution in [0, 0.1) is 0 Å². The maximum absolute atomic E-state index is 13.3. The number of para-hydroxylation sites is 2. The first-order chi connectivity index (χ1) is 14.6. The van der Waals surface area contributed by atoms with E-state index in [1.807, 2.05) is 43.1 Å². The number of nitrogens with zero attached hydrogens (tertiary/aromatic N) is 5. The third-order valence-corrected chi connectivity index (χ3v) is 5.59. The number of benzene rings is 1. The summed E-state index contributed by atoms with van der Waals surface area (Å²) in [5.74, 6) is 1.34. The van der Waals surface area contributed by atoms with E-state index in [-0.39, 0.29) is 11.8 Å². The predicted molar refractivity (Wildman–Crippen MR) is 113 cm³/mol. The molecule has 1 amide bonds. The van der Waals surface area contributed by atoms with Crippen molar-refractivity contribution in [3.8, 4) is 11.5 Å². The van der Waals surface area contributed by atoms with Crippen molar-refractivity contribution >= 4 is 17.1 Å². The van der Waals surface area contributed by atoms with Crippen molar-refractivity contribution in [1.29, 1.82) is 0 Å². The van der Waals surface area contributed by atoms with Gasteiger partial charge in [-0.3, -0.25) is 4.79 Å². The zero-order chi connectivity index (χ0) is 21.1. The van der Waals surface area contributed by atoms with Crippen LogP contribution >= 0.6 is 0 Å². The minimum atomic E-state index is -0.555. The molecule has 2 aromatic heterocycles. The van der Waals surface area contributed by atoms with E-state index in [4.69, 9.17) is 9.47 Å². The lowest BCUT2D eigenvalue weighted by Crippen LogP contribution is -2.46. The molecule has 0 radical (unpaired) electrons. The van der Waals surface area contributed by atoms with Crippen LogP contribution in [0.4, 0.5) is 0 Å². The highest BCUT2D eigenvalue weighted by molar-refractivity contribution is 5.82. The third kappa shape index (κ3) is 3.81. The summed E-state index contributed by atoms with van der Waals surface area (Å²) in [6, 6.07) is 7.41. The number of amides is 1. The van der Waals surface area contributed by atoms with Crippen molar-refractivity contribution in [3.63, 3.8) is 0 Å². The van der Waals surface area contributed by atoms with Crippen LogP contribution in [0.25, 0.3) is 11.2 Å². The summed E-state index contributed by atoms with van der Waals surface area (Å²) in [6.07, 6.45) is 5.27. The van der Waals surface area contributed by atoms with E-state index >= 15 is 0 Å². The van der Waals surface area contributed by atoms with Gasteiger partial charge in [0.1, 0.15) is 5.52 Å². The molecule has 0 aliphatic carbocycles. The van der Waals surface area contributed by atoms with E-state index in [1.54, 1.807) is 24.2 Å². The summed E-state index contributed by atoms with van der Waals surface area (Å²) in [7, 11) is 3.47. The maximum atomic E-state index is 13.3. The number of rotatable bonds is 6. The van der Waals surface area contributed by atoms with Crippen molar-refractivity contribution in [1.82, 2.24) is 24.6 Å². The molecular weight excluding hydrogens is 382 g/mol. The van der Waals surface area contributed by atoms with Crippen molar-refractivity contribution in [3.05, 3.63) is 42.4 Å². The molecule has 2 atom stereocenters. The topological polar surface area (TPSA) is 82.4 Å². The number of ether oxygens (including phenoxy) is 2. The average Bonchev–Trinajstić information content (AvgIpc) is 3.14. The van der Waals surface area contributed by atoms with Crippen LogP contribution in [-0.2, 0) is 11.8 Å². The fourth-order valence-electron chi connectivity index (χ4n) is 4.06. The molecule has 30 heavy (non-hydrogen) atoms. The Labute approximate surface area is 175 Å². The van der Waals surface area contributed by atoms with E-state index in [0.29, 0.717) is 24.5 Å². The number of likely N-dealkylation sites (tertiary alicyclic amines) is 1. The lowest BCUT2D eigenvalue weighted by Gasteiger charge is -2.34. The largest absolute Gasteiger partial charge is 0.493 e. The Balaban J connectivity index is 1.52. The fourth-order valence-corrected chi connectivity index (χ4v) is 4.06. The molecule has 158 valence electrons. The minimum absolute atomic E-state index is 0.000531. The molecule has 8 heteroatoms. The number of fused-ring (bicyclic) bond motifs is 1. The highest BCUT2D eigenvalue weighted by Gasteiger charge is 2.32. The third-order valence-electron chi connectivity index (χ3n) is 5.59. The lowest BCUT2D eigenvalue weighted by molar-refractivity contribution is -0.140. The van der Waals surface area contributed by atoms with Gasteiger partial charge in [-0.1, -0.05) is 19.1 Å². The molecule has 8 nitrogen and oxygen atoms in total. The molecule has 4 rings (SSSR count). The van der Waals surface area contributed by atoms with E-state index in [9.17, 15) is 4.79 Å². The first-order valence-corrected chi connectivity index (χ1v) is 10.3. The molecule has 0 N–H and O–H groups in total. The molecule has 1 aliphatic rings.